The molecular weight excluding hydrogens is 186 g/mol. The summed E-state index contributed by atoms with van der Waals surface area (Å²) < 4.78 is 0. The van der Waals surface area contributed by atoms with Crippen molar-refractivity contribution >= 4 is 5.69 Å². The lowest BCUT2D eigenvalue weighted by atomic mass is 10.0. The number of rotatable bonds is 1. The molecule has 0 radical (unpaired) electrons. The van der Waals surface area contributed by atoms with Crippen LogP contribution in [0.25, 0.3) is 11.1 Å². The molecule has 0 amide bonds. The van der Waals surface area contributed by atoms with Crippen molar-refractivity contribution in [2.24, 2.45) is 0 Å². The van der Waals surface area contributed by atoms with Crippen LogP contribution in [-0.2, 0) is 0 Å². The lowest BCUT2D eigenvalue weighted by Gasteiger charge is -2.06. The molecule has 0 fully saturated rings. The van der Waals surface area contributed by atoms with Gasteiger partial charge in [-0.05, 0) is 30.7 Å². The number of hydrogen-bond donors (Lipinski definition) is 2. The van der Waals surface area contributed by atoms with Crippen LogP contribution in [0.2, 0.25) is 0 Å². The fourth-order valence-corrected chi connectivity index (χ4v) is 1.53. The van der Waals surface area contributed by atoms with Gasteiger partial charge in [0.15, 0.2) is 0 Å². The molecule has 76 valence electrons. The zero-order chi connectivity index (χ0) is 10.8. The monoisotopic (exact) mass is 199 g/mol. The molecule has 2 aromatic carbocycles. The first-order chi connectivity index (χ1) is 7.16. The summed E-state index contributed by atoms with van der Waals surface area (Å²) in [6, 6.07) is 13.0. The number of aryl methyl sites for hydroxylation is 1. The molecule has 0 aliphatic rings. The van der Waals surface area contributed by atoms with Gasteiger partial charge in [-0.25, -0.2) is 0 Å². The number of phenolic OH excluding ortho intramolecular Hbond substituents is 1. The quantitative estimate of drug-likeness (QED) is 0.548. The largest absolute Gasteiger partial charge is 0.508 e. The first-order valence-corrected chi connectivity index (χ1v) is 4.82. The van der Waals surface area contributed by atoms with Gasteiger partial charge in [-0.2, -0.15) is 0 Å². The Morgan fingerprint density at radius 2 is 1.67 bits per heavy atom. The molecule has 0 heterocycles. The highest BCUT2D eigenvalue weighted by atomic mass is 16.3. The predicted molar refractivity (Wildman–Crippen MR) is 62.7 cm³/mol. The molecule has 0 bridgehead atoms. The second-order valence-corrected chi connectivity index (χ2v) is 3.64. The van der Waals surface area contributed by atoms with E-state index in [4.69, 9.17) is 5.73 Å². The third kappa shape index (κ3) is 1.94. The van der Waals surface area contributed by atoms with Crippen LogP contribution in [0.4, 0.5) is 5.69 Å². The summed E-state index contributed by atoms with van der Waals surface area (Å²) in [5, 5.41) is 9.40. The Balaban J connectivity index is 2.53. The number of nitrogen functional groups attached to an aromatic ring is 1. The number of nitrogens with two attached hydrogens (primary N) is 1. The van der Waals surface area contributed by atoms with Crippen molar-refractivity contribution in [3.05, 3.63) is 48.0 Å². The Morgan fingerprint density at radius 3 is 2.33 bits per heavy atom. The van der Waals surface area contributed by atoms with Crippen molar-refractivity contribution in [2.75, 3.05) is 5.73 Å². The predicted octanol–water partition coefficient (Wildman–Crippen LogP) is 2.95. The van der Waals surface area contributed by atoms with Gasteiger partial charge in [-0.3, -0.25) is 0 Å². The van der Waals surface area contributed by atoms with Crippen LogP contribution in [0.15, 0.2) is 42.5 Å². The molecule has 0 spiro atoms. The van der Waals surface area contributed by atoms with Crippen LogP contribution in [0.1, 0.15) is 5.56 Å². The number of aromatic hydroxyl groups is 1. The third-order valence-electron chi connectivity index (χ3n) is 2.40. The zero-order valence-corrected chi connectivity index (χ0v) is 8.57. The Morgan fingerprint density at radius 1 is 1.00 bits per heavy atom. The van der Waals surface area contributed by atoms with Crippen molar-refractivity contribution in [3.8, 4) is 16.9 Å². The molecule has 2 nitrogen and oxygen atoms in total. The van der Waals surface area contributed by atoms with Gasteiger partial charge in [0, 0.05) is 11.3 Å². The Labute approximate surface area is 89.0 Å². The molecule has 2 heteroatoms. The number of anilines is 1. The van der Waals surface area contributed by atoms with E-state index in [2.05, 4.69) is 0 Å². The van der Waals surface area contributed by atoms with Crippen LogP contribution in [0.5, 0.6) is 5.75 Å². The van der Waals surface area contributed by atoms with Crippen molar-refractivity contribution in [1.82, 2.24) is 0 Å². The Bertz CT molecular complexity index is 474. The van der Waals surface area contributed by atoms with Gasteiger partial charge in [0.2, 0.25) is 0 Å². The molecular formula is C13H13NO. The highest BCUT2D eigenvalue weighted by Gasteiger charge is 2.02. The van der Waals surface area contributed by atoms with Crippen LogP contribution >= 0.6 is 0 Å². The minimum absolute atomic E-state index is 0.236. The number of benzene rings is 2. The van der Waals surface area contributed by atoms with E-state index in [0.29, 0.717) is 5.69 Å². The highest BCUT2D eigenvalue weighted by molar-refractivity contribution is 5.77. The second kappa shape index (κ2) is 3.65. The van der Waals surface area contributed by atoms with Gasteiger partial charge >= 0.3 is 0 Å². The van der Waals surface area contributed by atoms with Crippen molar-refractivity contribution < 1.29 is 5.11 Å². The van der Waals surface area contributed by atoms with E-state index in [1.54, 1.807) is 18.2 Å². The van der Waals surface area contributed by atoms with E-state index in [-0.39, 0.29) is 5.75 Å². The molecule has 0 aromatic heterocycles. The van der Waals surface area contributed by atoms with Crippen LogP contribution in [-0.4, -0.2) is 5.11 Å². The molecule has 0 saturated carbocycles. The molecule has 0 aliphatic heterocycles. The maximum absolute atomic E-state index is 9.40. The number of hydrogen-bond acceptors (Lipinski definition) is 2. The zero-order valence-electron chi connectivity index (χ0n) is 8.57. The van der Waals surface area contributed by atoms with Crippen LogP contribution in [0, 0.1) is 6.92 Å². The highest BCUT2D eigenvalue weighted by Crippen LogP contribution is 2.29. The van der Waals surface area contributed by atoms with Gasteiger partial charge in [0.05, 0.1) is 0 Å². The standard InChI is InChI=1S/C13H13NO/c1-9-2-4-10(5-3-9)12-8-11(15)6-7-13(12)14/h2-8,15H,14H2,1H3. The average molecular weight is 199 g/mol. The molecule has 3 N–H and O–H groups in total. The Kier molecular flexibility index (Phi) is 2.34. The van der Waals surface area contributed by atoms with Gasteiger partial charge in [0.25, 0.3) is 0 Å². The maximum atomic E-state index is 9.40. The van der Waals surface area contributed by atoms with Crippen molar-refractivity contribution in [1.29, 1.82) is 0 Å². The SMILES string of the molecule is Cc1ccc(-c2cc(O)ccc2N)cc1. The van der Waals surface area contributed by atoms with Gasteiger partial charge < -0.3 is 10.8 Å². The van der Waals surface area contributed by atoms with E-state index in [0.717, 1.165) is 11.1 Å². The second-order valence-electron chi connectivity index (χ2n) is 3.64. The molecule has 0 aliphatic carbocycles. The average Bonchev–Trinajstić information content (AvgIpc) is 2.23. The van der Waals surface area contributed by atoms with E-state index in [1.807, 2.05) is 31.2 Å². The topological polar surface area (TPSA) is 46.2 Å². The van der Waals surface area contributed by atoms with E-state index < -0.39 is 0 Å². The van der Waals surface area contributed by atoms with E-state index >= 15 is 0 Å². The summed E-state index contributed by atoms with van der Waals surface area (Å²) in [5.41, 5.74) is 9.62. The summed E-state index contributed by atoms with van der Waals surface area (Å²) in [5.74, 6) is 0.236. The molecule has 15 heavy (non-hydrogen) atoms. The van der Waals surface area contributed by atoms with E-state index in [9.17, 15) is 5.11 Å². The maximum Gasteiger partial charge on any atom is 0.116 e. The lowest BCUT2D eigenvalue weighted by Crippen LogP contribution is -1.89. The van der Waals surface area contributed by atoms with Gasteiger partial charge in [0.1, 0.15) is 5.75 Å². The third-order valence-corrected chi connectivity index (χ3v) is 2.40. The molecule has 0 atom stereocenters. The minimum atomic E-state index is 0.236. The smallest absolute Gasteiger partial charge is 0.116 e. The minimum Gasteiger partial charge on any atom is -0.508 e. The van der Waals surface area contributed by atoms with Crippen LogP contribution in [0.3, 0.4) is 0 Å². The summed E-state index contributed by atoms with van der Waals surface area (Å²) >= 11 is 0. The summed E-state index contributed by atoms with van der Waals surface area (Å²) in [6.07, 6.45) is 0. The summed E-state index contributed by atoms with van der Waals surface area (Å²) in [4.78, 5) is 0. The summed E-state index contributed by atoms with van der Waals surface area (Å²) in [6.45, 7) is 2.04. The van der Waals surface area contributed by atoms with Gasteiger partial charge in [-0.1, -0.05) is 29.8 Å². The first kappa shape index (κ1) is 9.59. The summed E-state index contributed by atoms with van der Waals surface area (Å²) in [7, 11) is 0. The van der Waals surface area contributed by atoms with Crippen molar-refractivity contribution in [3.63, 3.8) is 0 Å². The normalized spacial score (nSPS) is 10.2. The molecule has 0 unspecified atom stereocenters. The fraction of sp³-hybridized carbons (Fsp3) is 0.0769. The van der Waals surface area contributed by atoms with Crippen molar-refractivity contribution in [2.45, 2.75) is 6.92 Å². The van der Waals surface area contributed by atoms with Gasteiger partial charge in [-0.15, -0.1) is 0 Å². The first-order valence-electron chi connectivity index (χ1n) is 4.82. The number of phenols is 1. The van der Waals surface area contributed by atoms with Crippen LogP contribution < -0.4 is 5.73 Å². The van der Waals surface area contributed by atoms with E-state index in [1.165, 1.54) is 5.56 Å². The fourth-order valence-electron chi connectivity index (χ4n) is 1.53. The lowest BCUT2D eigenvalue weighted by molar-refractivity contribution is 0.475. The molecule has 2 rings (SSSR count). The molecule has 2 aromatic rings. The molecule has 0 saturated heterocycles. The Hall–Kier alpha value is -1.96.